The number of amides is 1. The molecule has 1 aliphatic rings. The lowest BCUT2D eigenvalue weighted by atomic mass is 9.99. The van der Waals surface area contributed by atoms with Crippen molar-refractivity contribution in [3.63, 3.8) is 0 Å². The van der Waals surface area contributed by atoms with Crippen molar-refractivity contribution in [3.8, 4) is 0 Å². The quantitative estimate of drug-likeness (QED) is 0.928. The third-order valence-electron chi connectivity index (χ3n) is 3.16. The van der Waals surface area contributed by atoms with Gasteiger partial charge >= 0.3 is 12.1 Å². The predicted octanol–water partition coefficient (Wildman–Crippen LogP) is 3.45. The summed E-state index contributed by atoms with van der Waals surface area (Å²) < 4.78 is 5.32. The highest BCUT2D eigenvalue weighted by molar-refractivity contribution is 7.16. The third kappa shape index (κ3) is 4.20. The molecule has 1 amide bonds. The van der Waals surface area contributed by atoms with Gasteiger partial charge in [0.2, 0.25) is 0 Å². The second-order valence-corrected chi connectivity index (χ2v) is 7.32. The Labute approximate surface area is 128 Å². The van der Waals surface area contributed by atoms with E-state index in [1.54, 1.807) is 20.8 Å². The van der Waals surface area contributed by atoms with Gasteiger partial charge in [0.05, 0.1) is 0 Å². The fourth-order valence-electron chi connectivity index (χ4n) is 2.29. The molecule has 0 saturated carbocycles. The highest BCUT2D eigenvalue weighted by Crippen LogP contribution is 2.35. The number of thiophene rings is 1. The first kappa shape index (κ1) is 15.8. The van der Waals surface area contributed by atoms with Gasteiger partial charge in [-0.25, -0.2) is 4.79 Å². The summed E-state index contributed by atoms with van der Waals surface area (Å²) in [6, 6.07) is 1.94. The molecule has 0 aliphatic heterocycles. The van der Waals surface area contributed by atoms with E-state index in [-0.39, 0.29) is 6.54 Å². The zero-order valence-corrected chi connectivity index (χ0v) is 13.5. The topological polar surface area (TPSA) is 66.8 Å². The fourth-order valence-corrected chi connectivity index (χ4v) is 3.53. The normalized spacial score (nSPS) is 14.4. The Morgan fingerprint density at radius 3 is 2.57 bits per heavy atom. The summed E-state index contributed by atoms with van der Waals surface area (Å²) in [5.74, 6) is -1.05. The first-order valence-corrected chi connectivity index (χ1v) is 7.92. The van der Waals surface area contributed by atoms with Gasteiger partial charge in [0.1, 0.15) is 17.1 Å². The highest BCUT2D eigenvalue weighted by Gasteiger charge is 2.27. The number of carboxylic acids is 1. The lowest BCUT2D eigenvalue weighted by Gasteiger charge is -2.25. The lowest BCUT2D eigenvalue weighted by Crippen LogP contribution is -2.39. The summed E-state index contributed by atoms with van der Waals surface area (Å²) in [5.41, 5.74) is 0.588. The number of carboxylic acid groups (broad SMARTS) is 1. The molecule has 1 aromatic heterocycles. The zero-order chi connectivity index (χ0) is 15.6. The molecular formula is C15H21NO4S. The van der Waals surface area contributed by atoms with Gasteiger partial charge in [-0.15, -0.1) is 11.3 Å². The molecule has 1 heterocycles. The molecule has 21 heavy (non-hydrogen) atoms. The number of nitrogens with zero attached hydrogens (tertiary/aromatic N) is 1. The minimum atomic E-state index is -1.05. The van der Waals surface area contributed by atoms with E-state index in [4.69, 9.17) is 9.84 Å². The van der Waals surface area contributed by atoms with Gasteiger partial charge in [-0.1, -0.05) is 0 Å². The van der Waals surface area contributed by atoms with Crippen molar-refractivity contribution in [1.29, 1.82) is 0 Å². The summed E-state index contributed by atoms with van der Waals surface area (Å²) in [6.45, 7) is 4.92. The molecule has 0 aromatic carbocycles. The second kappa shape index (κ2) is 6.05. The fraction of sp³-hybridized carbons (Fsp3) is 0.600. The number of aliphatic carboxylic acids is 1. The van der Waals surface area contributed by atoms with Gasteiger partial charge in [0.25, 0.3) is 0 Å². The number of carbonyl (C=O) groups is 2. The Morgan fingerprint density at radius 2 is 2.00 bits per heavy atom. The van der Waals surface area contributed by atoms with Crippen LogP contribution in [0.1, 0.15) is 44.1 Å². The zero-order valence-electron chi connectivity index (χ0n) is 12.6. The molecule has 0 spiro atoms. The van der Waals surface area contributed by atoms with E-state index in [2.05, 4.69) is 0 Å². The SMILES string of the molecule is CC(C)(C)OC(=O)N(CC(=O)O)c1cc2c(s1)CCCC2. The van der Waals surface area contributed by atoms with Crippen LogP contribution < -0.4 is 4.90 Å². The summed E-state index contributed by atoms with van der Waals surface area (Å²) in [7, 11) is 0. The second-order valence-electron chi connectivity index (χ2n) is 6.20. The van der Waals surface area contributed by atoms with Crippen LogP contribution in [-0.4, -0.2) is 29.3 Å². The average molecular weight is 311 g/mol. The van der Waals surface area contributed by atoms with E-state index in [9.17, 15) is 9.59 Å². The van der Waals surface area contributed by atoms with Crippen molar-refractivity contribution in [2.45, 2.75) is 52.1 Å². The van der Waals surface area contributed by atoms with Gasteiger partial charge in [-0.05, 0) is 58.1 Å². The first-order valence-electron chi connectivity index (χ1n) is 7.10. The van der Waals surface area contributed by atoms with Crippen LogP contribution in [0.5, 0.6) is 0 Å². The number of fused-ring (bicyclic) bond motifs is 1. The highest BCUT2D eigenvalue weighted by atomic mass is 32.1. The molecular weight excluding hydrogens is 290 g/mol. The Balaban J connectivity index is 2.25. The Hall–Kier alpha value is -1.56. The van der Waals surface area contributed by atoms with Crippen molar-refractivity contribution < 1.29 is 19.4 Å². The number of hydrogen-bond donors (Lipinski definition) is 1. The molecule has 1 aliphatic carbocycles. The molecule has 0 bridgehead atoms. The van der Waals surface area contributed by atoms with Crippen LogP contribution in [0.3, 0.4) is 0 Å². The molecule has 116 valence electrons. The molecule has 2 rings (SSSR count). The standard InChI is InChI=1S/C15H21NO4S/c1-15(2,3)20-14(19)16(9-13(17)18)12-8-10-6-4-5-7-11(10)21-12/h8H,4-7,9H2,1-3H3,(H,17,18). The number of anilines is 1. The Morgan fingerprint density at radius 1 is 1.33 bits per heavy atom. The molecule has 1 N–H and O–H groups in total. The van der Waals surface area contributed by atoms with E-state index in [1.165, 1.54) is 26.7 Å². The van der Waals surface area contributed by atoms with Gasteiger partial charge in [-0.2, -0.15) is 0 Å². The summed E-state index contributed by atoms with van der Waals surface area (Å²) in [4.78, 5) is 25.8. The van der Waals surface area contributed by atoms with Crippen LogP contribution in [0, 0.1) is 0 Å². The molecule has 0 saturated heterocycles. The number of carbonyl (C=O) groups excluding carboxylic acids is 1. The van der Waals surface area contributed by atoms with Crippen molar-refractivity contribution in [1.82, 2.24) is 0 Å². The van der Waals surface area contributed by atoms with E-state index in [0.29, 0.717) is 5.00 Å². The summed E-state index contributed by atoms with van der Waals surface area (Å²) >= 11 is 1.50. The molecule has 0 atom stereocenters. The van der Waals surface area contributed by atoms with E-state index in [0.717, 1.165) is 25.7 Å². The van der Waals surface area contributed by atoms with Crippen LogP contribution in [-0.2, 0) is 22.4 Å². The molecule has 6 heteroatoms. The van der Waals surface area contributed by atoms with Gasteiger partial charge < -0.3 is 9.84 Å². The maximum atomic E-state index is 12.3. The first-order chi connectivity index (χ1) is 9.76. The van der Waals surface area contributed by atoms with E-state index in [1.807, 2.05) is 6.07 Å². The minimum absolute atomic E-state index is 0.381. The maximum Gasteiger partial charge on any atom is 0.415 e. The Kier molecular flexibility index (Phi) is 4.56. The molecule has 0 fully saturated rings. The predicted molar refractivity (Wildman–Crippen MR) is 82.2 cm³/mol. The van der Waals surface area contributed by atoms with E-state index < -0.39 is 17.7 Å². The molecule has 1 aromatic rings. The lowest BCUT2D eigenvalue weighted by molar-refractivity contribution is -0.135. The van der Waals surface area contributed by atoms with Crippen molar-refractivity contribution in [2.75, 3.05) is 11.4 Å². The van der Waals surface area contributed by atoms with Gasteiger partial charge in [0.15, 0.2) is 0 Å². The monoisotopic (exact) mass is 311 g/mol. The number of aryl methyl sites for hydroxylation is 2. The number of hydrogen-bond acceptors (Lipinski definition) is 4. The van der Waals surface area contributed by atoms with Crippen LogP contribution in [0.2, 0.25) is 0 Å². The average Bonchev–Trinajstić information content (AvgIpc) is 2.76. The largest absolute Gasteiger partial charge is 0.480 e. The smallest absolute Gasteiger partial charge is 0.415 e. The van der Waals surface area contributed by atoms with Crippen molar-refractivity contribution in [2.24, 2.45) is 0 Å². The summed E-state index contributed by atoms with van der Waals surface area (Å²) in [5, 5.41) is 9.72. The van der Waals surface area contributed by atoms with Gasteiger partial charge in [0, 0.05) is 4.88 Å². The van der Waals surface area contributed by atoms with Crippen molar-refractivity contribution in [3.05, 3.63) is 16.5 Å². The molecule has 0 unspecified atom stereocenters. The van der Waals surface area contributed by atoms with E-state index >= 15 is 0 Å². The maximum absolute atomic E-state index is 12.3. The molecule has 0 radical (unpaired) electrons. The Bertz CT molecular complexity index is 521. The third-order valence-corrected chi connectivity index (χ3v) is 4.42. The van der Waals surface area contributed by atoms with Gasteiger partial charge in [-0.3, -0.25) is 9.69 Å². The number of ether oxygens (including phenoxy) is 1. The molecule has 5 nitrogen and oxygen atoms in total. The van der Waals surface area contributed by atoms with Crippen LogP contribution in [0.15, 0.2) is 6.07 Å². The van der Waals surface area contributed by atoms with Crippen LogP contribution >= 0.6 is 11.3 Å². The van der Waals surface area contributed by atoms with Crippen molar-refractivity contribution >= 4 is 28.4 Å². The van der Waals surface area contributed by atoms with Crippen LogP contribution in [0.25, 0.3) is 0 Å². The van der Waals surface area contributed by atoms with Crippen LogP contribution in [0.4, 0.5) is 9.80 Å². The summed E-state index contributed by atoms with van der Waals surface area (Å²) in [6.07, 6.45) is 3.70. The number of rotatable bonds is 3. The minimum Gasteiger partial charge on any atom is -0.480 e.